The molecule has 0 aliphatic carbocycles. The maximum absolute atomic E-state index is 11.8. The van der Waals surface area contributed by atoms with Gasteiger partial charge in [-0.05, 0) is 12.8 Å². The summed E-state index contributed by atoms with van der Waals surface area (Å²) in [6, 6.07) is 0. The molecular weight excluding hydrogens is 260 g/mol. The minimum absolute atomic E-state index is 0.213. The summed E-state index contributed by atoms with van der Waals surface area (Å²) in [5, 5.41) is 5.65. The first-order chi connectivity index (χ1) is 9.77. The number of ether oxygens (including phenoxy) is 2. The number of rotatable bonds is 10. The van der Waals surface area contributed by atoms with Crippen molar-refractivity contribution in [1.29, 1.82) is 0 Å². The average molecular weight is 282 g/mol. The van der Waals surface area contributed by atoms with Crippen molar-refractivity contribution < 1.29 is 14.3 Å². The van der Waals surface area contributed by atoms with E-state index in [0.717, 1.165) is 12.8 Å². The molecule has 112 valence electrons. The Kier molecular flexibility index (Phi) is 8.25. The molecule has 0 spiro atoms. The zero-order chi connectivity index (χ0) is 14.6. The molecule has 0 aromatic carbocycles. The summed E-state index contributed by atoms with van der Waals surface area (Å²) >= 11 is 0. The fourth-order valence-corrected chi connectivity index (χ4v) is 1.46. The zero-order valence-electron chi connectivity index (χ0n) is 12.0. The molecule has 7 heteroatoms. The van der Waals surface area contributed by atoms with Crippen LogP contribution in [0.1, 0.15) is 23.3 Å². The predicted molar refractivity (Wildman–Crippen MR) is 75.8 cm³/mol. The van der Waals surface area contributed by atoms with Crippen LogP contribution in [0.4, 0.5) is 5.82 Å². The van der Waals surface area contributed by atoms with Crippen LogP contribution in [-0.2, 0) is 9.47 Å². The van der Waals surface area contributed by atoms with Gasteiger partial charge >= 0.3 is 0 Å². The van der Waals surface area contributed by atoms with Crippen molar-refractivity contribution >= 4 is 11.7 Å². The number of hydrogen-bond donors (Lipinski definition) is 2. The predicted octanol–water partition coefficient (Wildman–Crippen LogP) is 0.691. The van der Waals surface area contributed by atoms with Crippen LogP contribution < -0.4 is 10.6 Å². The lowest BCUT2D eigenvalue weighted by Crippen LogP contribution is -2.26. The van der Waals surface area contributed by atoms with Gasteiger partial charge in [-0.1, -0.05) is 0 Å². The van der Waals surface area contributed by atoms with E-state index in [4.69, 9.17) is 9.47 Å². The van der Waals surface area contributed by atoms with Gasteiger partial charge < -0.3 is 20.1 Å². The highest BCUT2D eigenvalue weighted by Crippen LogP contribution is 2.00. The van der Waals surface area contributed by atoms with Crippen LogP contribution in [0.3, 0.4) is 0 Å². The van der Waals surface area contributed by atoms with Crippen molar-refractivity contribution in [3.63, 3.8) is 0 Å². The topological polar surface area (TPSA) is 85.4 Å². The highest BCUT2D eigenvalue weighted by Gasteiger charge is 2.07. The van der Waals surface area contributed by atoms with Crippen LogP contribution in [-0.4, -0.2) is 56.4 Å². The van der Waals surface area contributed by atoms with E-state index in [1.165, 1.54) is 6.20 Å². The molecule has 0 saturated carbocycles. The lowest BCUT2D eigenvalue weighted by atomic mass is 10.3. The Balaban J connectivity index is 2.13. The van der Waals surface area contributed by atoms with Gasteiger partial charge in [-0.3, -0.25) is 9.78 Å². The molecule has 0 saturated heterocycles. The molecular formula is C13H22N4O3. The summed E-state index contributed by atoms with van der Waals surface area (Å²) in [5.74, 6) is 0.360. The summed E-state index contributed by atoms with van der Waals surface area (Å²) in [5.41, 5.74) is 0.313. The van der Waals surface area contributed by atoms with Crippen LogP contribution in [0.15, 0.2) is 12.4 Å². The second kappa shape index (κ2) is 10.1. The SMILES string of the molecule is CNc1cncc(C(=O)NCCCCOCCOC)n1. The lowest BCUT2D eigenvalue weighted by Gasteiger charge is -2.06. The summed E-state index contributed by atoms with van der Waals surface area (Å²) in [6.45, 7) is 2.48. The maximum Gasteiger partial charge on any atom is 0.271 e. The molecule has 0 fully saturated rings. The van der Waals surface area contributed by atoms with Crippen LogP contribution in [0.25, 0.3) is 0 Å². The first-order valence-electron chi connectivity index (χ1n) is 6.62. The molecule has 0 aliphatic heterocycles. The number of carbonyl (C=O) groups excluding carboxylic acids is 1. The number of aromatic nitrogens is 2. The summed E-state index contributed by atoms with van der Waals surface area (Å²) in [6.07, 6.45) is 4.77. The molecule has 0 radical (unpaired) electrons. The number of nitrogens with zero attached hydrogens (tertiary/aromatic N) is 2. The van der Waals surface area contributed by atoms with Crippen molar-refractivity contribution in [3.8, 4) is 0 Å². The van der Waals surface area contributed by atoms with Crippen LogP contribution in [0.2, 0.25) is 0 Å². The zero-order valence-corrected chi connectivity index (χ0v) is 12.0. The number of methoxy groups -OCH3 is 1. The van der Waals surface area contributed by atoms with Crippen LogP contribution in [0, 0.1) is 0 Å². The van der Waals surface area contributed by atoms with Crippen molar-refractivity contribution in [1.82, 2.24) is 15.3 Å². The highest BCUT2D eigenvalue weighted by molar-refractivity contribution is 5.92. The summed E-state index contributed by atoms with van der Waals surface area (Å²) in [7, 11) is 3.38. The molecule has 7 nitrogen and oxygen atoms in total. The van der Waals surface area contributed by atoms with Gasteiger partial charge in [0.1, 0.15) is 11.5 Å². The Bertz CT molecular complexity index is 401. The van der Waals surface area contributed by atoms with E-state index >= 15 is 0 Å². The molecule has 0 atom stereocenters. The van der Waals surface area contributed by atoms with Crippen molar-refractivity contribution in [2.75, 3.05) is 45.8 Å². The number of unbranched alkanes of at least 4 members (excludes halogenated alkanes) is 1. The van der Waals surface area contributed by atoms with E-state index < -0.39 is 0 Å². The molecule has 20 heavy (non-hydrogen) atoms. The number of amides is 1. The second-order valence-electron chi connectivity index (χ2n) is 4.11. The smallest absolute Gasteiger partial charge is 0.271 e. The number of carbonyl (C=O) groups is 1. The van der Waals surface area contributed by atoms with E-state index in [0.29, 0.717) is 37.9 Å². The normalized spacial score (nSPS) is 10.3. The van der Waals surface area contributed by atoms with E-state index in [1.807, 2.05) is 0 Å². The van der Waals surface area contributed by atoms with E-state index in [-0.39, 0.29) is 5.91 Å². The Morgan fingerprint density at radius 2 is 2.10 bits per heavy atom. The first-order valence-corrected chi connectivity index (χ1v) is 6.62. The van der Waals surface area contributed by atoms with Gasteiger partial charge in [-0.2, -0.15) is 0 Å². The minimum Gasteiger partial charge on any atom is -0.382 e. The van der Waals surface area contributed by atoms with E-state index in [2.05, 4.69) is 20.6 Å². The fourth-order valence-electron chi connectivity index (χ4n) is 1.46. The molecule has 0 bridgehead atoms. The Morgan fingerprint density at radius 3 is 2.85 bits per heavy atom. The third-order valence-electron chi connectivity index (χ3n) is 2.56. The molecule has 0 unspecified atom stereocenters. The second-order valence-corrected chi connectivity index (χ2v) is 4.11. The third-order valence-corrected chi connectivity index (χ3v) is 2.56. The first kappa shape index (κ1) is 16.3. The van der Waals surface area contributed by atoms with Crippen molar-refractivity contribution in [2.24, 2.45) is 0 Å². The molecule has 1 heterocycles. The quantitative estimate of drug-likeness (QED) is 0.614. The lowest BCUT2D eigenvalue weighted by molar-refractivity contribution is 0.0686. The standard InChI is InChI=1S/C13H22N4O3/c1-14-12-10-15-9-11(17-12)13(18)16-5-3-4-6-20-8-7-19-2/h9-10H,3-8H2,1-2H3,(H,14,17)(H,16,18). The van der Waals surface area contributed by atoms with Crippen LogP contribution >= 0.6 is 0 Å². The fraction of sp³-hybridized carbons (Fsp3) is 0.615. The largest absolute Gasteiger partial charge is 0.382 e. The Hall–Kier alpha value is -1.73. The highest BCUT2D eigenvalue weighted by atomic mass is 16.5. The molecule has 1 amide bonds. The molecule has 1 rings (SSSR count). The van der Waals surface area contributed by atoms with Gasteiger partial charge in [0.25, 0.3) is 5.91 Å². The van der Waals surface area contributed by atoms with Crippen molar-refractivity contribution in [2.45, 2.75) is 12.8 Å². The molecule has 1 aromatic rings. The Labute approximate surface area is 119 Å². The molecule has 0 aliphatic rings. The third kappa shape index (κ3) is 6.44. The Morgan fingerprint density at radius 1 is 1.25 bits per heavy atom. The molecule has 2 N–H and O–H groups in total. The van der Waals surface area contributed by atoms with Crippen LogP contribution in [0.5, 0.6) is 0 Å². The van der Waals surface area contributed by atoms with Gasteiger partial charge in [-0.15, -0.1) is 0 Å². The summed E-state index contributed by atoms with van der Waals surface area (Å²) < 4.78 is 10.2. The van der Waals surface area contributed by atoms with E-state index in [9.17, 15) is 4.79 Å². The number of nitrogens with one attached hydrogen (secondary N) is 2. The van der Waals surface area contributed by atoms with E-state index in [1.54, 1.807) is 20.4 Å². The average Bonchev–Trinajstić information content (AvgIpc) is 2.49. The van der Waals surface area contributed by atoms with Gasteiger partial charge in [0.2, 0.25) is 0 Å². The monoisotopic (exact) mass is 282 g/mol. The van der Waals surface area contributed by atoms with Gasteiger partial charge in [0.15, 0.2) is 0 Å². The number of hydrogen-bond acceptors (Lipinski definition) is 6. The minimum atomic E-state index is -0.213. The van der Waals surface area contributed by atoms with Gasteiger partial charge in [0.05, 0.1) is 25.6 Å². The number of anilines is 1. The molecule has 1 aromatic heterocycles. The summed E-state index contributed by atoms with van der Waals surface area (Å²) in [4.78, 5) is 19.9. The maximum atomic E-state index is 11.8. The van der Waals surface area contributed by atoms with Gasteiger partial charge in [0, 0.05) is 27.3 Å². The van der Waals surface area contributed by atoms with Crippen molar-refractivity contribution in [3.05, 3.63) is 18.1 Å². The van der Waals surface area contributed by atoms with Gasteiger partial charge in [-0.25, -0.2) is 4.98 Å².